The molecule has 4 heteroatoms. The van der Waals surface area contributed by atoms with Crippen LogP contribution in [0.5, 0.6) is 5.75 Å². The quantitative estimate of drug-likeness (QED) is 0.580. The Labute approximate surface area is 190 Å². The minimum absolute atomic E-state index is 0.111. The fourth-order valence-electron chi connectivity index (χ4n) is 6.58. The van der Waals surface area contributed by atoms with Crippen molar-refractivity contribution in [3.63, 3.8) is 0 Å². The predicted octanol–water partition coefficient (Wildman–Crippen LogP) is 6.22. The number of carbonyl (C=O) groups excluding carboxylic acids is 1. The Balaban J connectivity index is 1.47. The summed E-state index contributed by atoms with van der Waals surface area (Å²) in [6.45, 7) is 1.46. The van der Waals surface area contributed by atoms with E-state index >= 15 is 4.39 Å². The first kappa shape index (κ1) is 21.5. The second-order valence-electron chi connectivity index (χ2n) is 10.1. The maximum atomic E-state index is 15.4. The molecule has 3 nitrogen and oxygen atoms in total. The molecule has 32 heavy (non-hydrogen) atoms. The average molecular weight is 436 g/mol. The number of phenolic OH excluding ortho intramolecular Hbond substituents is 1. The number of aryl methyl sites for hydroxylation is 1. The smallest absolute Gasteiger partial charge is 0.146 e. The summed E-state index contributed by atoms with van der Waals surface area (Å²) in [5, 5.41) is 10.0. The molecule has 0 spiro atoms. The van der Waals surface area contributed by atoms with E-state index in [2.05, 4.69) is 17.0 Å². The summed E-state index contributed by atoms with van der Waals surface area (Å²) >= 11 is 0. The van der Waals surface area contributed by atoms with E-state index in [1.807, 2.05) is 12.1 Å². The van der Waals surface area contributed by atoms with E-state index in [1.54, 1.807) is 12.1 Å². The molecular weight excluding hydrogens is 401 g/mol. The molecule has 170 valence electrons. The number of phenols is 1. The summed E-state index contributed by atoms with van der Waals surface area (Å²) < 4.78 is 15.4. The molecule has 0 radical (unpaired) electrons. The minimum atomic E-state index is -0.152. The van der Waals surface area contributed by atoms with Crippen LogP contribution in [0.3, 0.4) is 0 Å². The highest BCUT2D eigenvalue weighted by Gasteiger charge is 2.37. The Bertz CT molecular complexity index is 960. The number of carbonyl (C=O) groups is 1. The third-order valence-electron chi connectivity index (χ3n) is 8.30. The van der Waals surface area contributed by atoms with Crippen LogP contribution in [0.25, 0.3) is 0 Å². The molecule has 1 saturated carbocycles. The van der Waals surface area contributed by atoms with E-state index in [-0.39, 0.29) is 17.7 Å². The minimum Gasteiger partial charge on any atom is -0.508 e. The topological polar surface area (TPSA) is 40.5 Å². The first-order valence-corrected chi connectivity index (χ1v) is 12.5. The van der Waals surface area contributed by atoms with Crippen LogP contribution < -0.4 is 4.90 Å². The SMILES string of the molecule is O=CC1CCN(c2ccc([C@H]3c4ccc(O)cc4CC[C@H]3C3CCCCC3)cc2F)CC1. The van der Waals surface area contributed by atoms with Crippen molar-refractivity contribution in [1.29, 1.82) is 0 Å². The van der Waals surface area contributed by atoms with Gasteiger partial charge in [-0.2, -0.15) is 0 Å². The van der Waals surface area contributed by atoms with Crippen LogP contribution in [0, 0.1) is 23.6 Å². The second kappa shape index (κ2) is 9.25. The molecule has 2 aliphatic carbocycles. The van der Waals surface area contributed by atoms with Gasteiger partial charge in [-0.3, -0.25) is 0 Å². The van der Waals surface area contributed by atoms with Crippen molar-refractivity contribution in [3.8, 4) is 5.75 Å². The number of aldehydes is 1. The van der Waals surface area contributed by atoms with Gasteiger partial charge in [0.2, 0.25) is 0 Å². The van der Waals surface area contributed by atoms with Crippen molar-refractivity contribution in [1.82, 2.24) is 0 Å². The molecule has 0 amide bonds. The summed E-state index contributed by atoms with van der Waals surface area (Å²) in [7, 11) is 0. The van der Waals surface area contributed by atoms with Gasteiger partial charge in [-0.25, -0.2) is 4.39 Å². The van der Waals surface area contributed by atoms with E-state index in [1.165, 1.54) is 43.2 Å². The van der Waals surface area contributed by atoms with Crippen LogP contribution in [-0.2, 0) is 11.2 Å². The highest BCUT2D eigenvalue weighted by atomic mass is 19.1. The molecule has 1 aliphatic heterocycles. The van der Waals surface area contributed by atoms with Crippen molar-refractivity contribution < 1.29 is 14.3 Å². The Hall–Kier alpha value is -2.36. The van der Waals surface area contributed by atoms with Gasteiger partial charge in [0.15, 0.2) is 0 Å². The van der Waals surface area contributed by atoms with Gasteiger partial charge in [0, 0.05) is 24.9 Å². The molecule has 5 rings (SSSR count). The summed E-state index contributed by atoms with van der Waals surface area (Å²) in [4.78, 5) is 13.2. The number of rotatable bonds is 4. The lowest BCUT2D eigenvalue weighted by atomic mass is 9.64. The molecular formula is C28H34FNO2. The van der Waals surface area contributed by atoms with Gasteiger partial charge in [-0.1, -0.05) is 44.2 Å². The summed E-state index contributed by atoms with van der Waals surface area (Å²) in [5.74, 6) is 1.69. The van der Waals surface area contributed by atoms with E-state index in [4.69, 9.17) is 0 Å². The maximum Gasteiger partial charge on any atom is 0.146 e. The van der Waals surface area contributed by atoms with E-state index in [9.17, 15) is 9.90 Å². The van der Waals surface area contributed by atoms with Gasteiger partial charge in [-0.05, 0) is 78.5 Å². The highest BCUT2D eigenvalue weighted by Crippen LogP contribution is 2.48. The lowest BCUT2D eigenvalue weighted by molar-refractivity contribution is -0.111. The number of hydrogen-bond acceptors (Lipinski definition) is 3. The highest BCUT2D eigenvalue weighted by molar-refractivity contribution is 5.56. The Kier molecular flexibility index (Phi) is 6.21. The van der Waals surface area contributed by atoms with Crippen molar-refractivity contribution in [2.45, 2.75) is 63.7 Å². The molecule has 2 aromatic rings. The van der Waals surface area contributed by atoms with Crippen LogP contribution in [0.15, 0.2) is 36.4 Å². The maximum absolute atomic E-state index is 15.4. The molecule has 2 fully saturated rings. The third kappa shape index (κ3) is 4.16. The number of halogens is 1. The number of hydrogen-bond donors (Lipinski definition) is 1. The fourth-order valence-corrected chi connectivity index (χ4v) is 6.58. The second-order valence-corrected chi connectivity index (χ2v) is 10.1. The molecule has 2 atom stereocenters. The van der Waals surface area contributed by atoms with Crippen molar-refractivity contribution >= 4 is 12.0 Å². The molecule has 2 aromatic carbocycles. The van der Waals surface area contributed by atoms with Gasteiger partial charge in [0.05, 0.1) is 5.69 Å². The number of nitrogens with zero attached hydrogens (tertiary/aromatic N) is 1. The van der Waals surface area contributed by atoms with E-state index in [0.717, 1.165) is 50.6 Å². The molecule has 1 heterocycles. The molecule has 0 unspecified atom stereocenters. The monoisotopic (exact) mass is 435 g/mol. The lowest BCUT2D eigenvalue weighted by Gasteiger charge is -2.41. The number of anilines is 1. The third-order valence-corrected chi connectivity index (χ3v) is 8.30. The van der Waals surface area contributed by atoms with Crippen LogP contribution in [-0.4, -0.2) is 24.5 Å². The summed E-state index contributed by atoms with van der Waals surface area (Å²) in [6, 6.07) is 11.6. The first-order valence-electron chi connectivity index (χ1n) is 12.5. The van der Waals surface area contributed by atoms with Crippen LogP contribution in [0.4, 0.5) is 10.1 Å². The fraction of sp³-hybridized carbons (Fsp3) is 0.536. The molecule has 1 saturated heterocycles. The Morgan fingerprint density at radius 1 is 0.938 bits per heavy atom. The van der Waals surface area contributed by atoms with Crippen molar-refractivity contribution in [2.75, 3.05) is 18.0 Å². The van der Waals surface area contributed by atoms with Crippen LogP contribution in [0.1, 0.15) is 74.0 Å². The van der Waals surface area contributed by atoms with Crippen molar-refractivity contribution in [2.24, 2.45) is 17.8 Å². The Morgan fingerprint density at radius 3 is 2.44 bits per heavy atom. The number of piperidine rings is 1. The zero-order valence-electron chi connectivity index (χ0n) is 18.8. The average Bonchev–Trinajstić information content (AvgIpc) is 2.84. The standard InChI is InChI=1S/C28H34FNO2/c29-26-17-22(7-11-27(26)30-14-12-19(18-31)13-15-30)28-24(20-4-2-1-3-5-20)9-6-21-16-23(32)8-10-25(21)28/h7-8,10-11,16-20,24,28,32H,1-6,9,12-15H2/t24-,28+/m0/s1. The lowest BCUT2D eigenvalue weighted by Crippen LogP contribution is -2.34. The van der Waals surface area contributed by atoms with Gasteiger partial charge in [0.1, 0.15) is 17.9 Å². The summed E-state index contributed by atoms with van der Waals surface area (Å²) in [5.41, 5.74) is 4.20. The first-order chi connectivity index (χ1) is 15.6. The van der Waals surface area contributed by atoms with Crippen LogP contribution >= 0.6 is 0 Å². The number of aromatic hydroxyl groups is 1. The molecule has 1 N–H and O–H groups in total. The predicted molar refractivity (Wildman–Crippen MR) is 126 cm³/mol. The zero-order valence-corrected chi connectivity index (χ0v) is 18.8. The largest absolute Gasteiger partial charge is 0.508 e. The zero-order chi connectivity index (χ0) is 22.1. The van der Waals surface area contributed by atoms with Gasteiger partial charge < -0.3 is 14.8 Å². The van der Waals surface area contributed by atoms with Gasteiger partial charge in [0.25, 0.3) is 0 Å². The number of fused-ring (bicyclic) bond motifs is 1. The molecule has 0 bridgehead atoms. The van der Waals surface area contributed by atoms with Gasteiger partial charge >= 0.3 is 0 Å². The van der Waals surface area contributed by atoms with Crippen molar-refractivity contribution in [3.05, 3.63) is 58.9 Å². The van der Waals surface area contributed by atoms with Crippen LogP contribution in [0.2, 0.25) is 0 Å². The van der Waals surface area contributed by atoms with E-state index < -0.39 is 0 Å². The molecule has 0 aromatic heterocycles. The Morgan fingerprint density at radius 2 is 1.72 bits per heavy atom. The van der Waals surface area contributed by atoms with E-state index in [0.29, 0.717) is 23.3 Å². The normalized spacial score (nSPS) is 24.8. The summed E-state index contributed by atoms with van der Waals surface area (Å²) in [6.07, 6.45) is 11.2. The molecule has 3 aliphatic rings. The van der Waals surface area contributed by atoms with Gasteiger partial charge in [-0.15, -0.1) is 0 Å². The number of benzene rings is 2.